The highest BCUT2D eigenvalue weighted by Crippen LogP contribution is 2.32. The fraction of sp³-hybridized carbons (Fsp3) is 1.00. The van der Waals surface area contributed by atoms with Gasteiger partial charge in [-0.2, -0.15) is 0 Å². The highest BCUT2D eigenvalue weighted by atomic mass is 16.5. The predicted octanol–water partition coefficient (Wildman–Crippen LogP) is 0.542. The highest BCUT2D eigenvalue weighted by Gasteiger charge is 2.44. The summed E-state index contributed by atoms with van der Waals surface area (Å²) in [6.45, 7) is 7.39. The lowest BCUT2D eigenvalue weighted by atomic mass is 9.83. The average molecular weight is 174 g/mol. The van der Waals surface area contributed by atoms with Crippen LogP contribution in [0.1, 0.15) is 27.7 Å². The summed E-state index contributed by atoms with van der Waals surface area (Å²) in [6, 6.07) is 0. The second-order valence-corrected chi connectivity index (χ2v) is 4.22. The third kappa shape index (κ3) is 1.49. The van der Waals surface area contributed by atoms with Gasteiger partial charge in [0, 0.05) is 5.92 Å². The number of hydrogen-bond acceptors (Lipinski definition) is 3. The summed E-state index contributed by atoms with van der Waals surface area (Å²) in [5.41, 5.74) is -0.634. The number of ether oxygens (including phenoxy) is 1. The van der Waals surface area contributed by atoms with Crippen LogP contribution in [0.4, 0.5) is 0 Å². The molecule has 2 N–H and O–H groups in total. The minimum absolute atomic E-state index is 0.00148. The van der Waals surface area contributed by atoms with E-state index in [0.717, 1.165) is 0 Å². The summed E-state index contributed by atoms with van der Waals surface area (Å²) < 4.78 is 5.56. The summed E-state index contributed by atoms with van der Waals surface area (Å²) in [4.78, 5) is 0. The zero-order valence-corrected chi connectivity index (χ0v) is 8.11. The lowest BCUT2D eigenvalue weighted by molar-refractivity contribution is -0.230. The van der Waals surface area contributed by atoms with Crippen LogP contribution in [-0.4, -0.2) is 34.1 Å². The van der Waals surface area contributed by atoms with E-state index in [-0.39, 0.29) is 12.0 Å². The Balaban J connectivity index is 2.78. The minimum Gasteiger partial charge on any atom is -0.390 e. The molecule has 4 atom stereocenters. The predicted molar refractivity (Wildman–Crippen MR) is 45.8 cm³/mol. The Morgan fingerprint density at radius 1 is 1.17 bits per heavy atom. The topological polar surface area (TPSA) is 49.7 Å². The SMILES string of the molecule is CC1OC(C)(C)C(O)C(O)C1C. The van der Waals surface area contributed by atoms with Crippen molar-refractivity contribution in [3.05, 3.63) is 0 Å². The molecule has 1 fully saturated rings. The fourth-order valence-corrected chi connectivity index (χ4v) is 1.63. The average Bonchev–Trinajstić information content (AvgIpc) is 1.97. The van der Waals surface area contributed by atoms with Crippen LogP contribution in [0.15, 0.2) is 0 Å². The first-order valence-electron chi connectivity index (χ1n) is 4.40. The molecule has 0 radical (unpaired) electrons. The maximum atomic E-state index is 9.62. The van der Waals surface area contributed by atoms with Crippen LogP contribution in [0, 0.1) is 5.92 Å². The summed E-state index contributed by atoms with van der Waals surface area (Å²) in [5, 5.41) is 19.2. The third-order valence-corrected chi connectivity index (χ3v) is 2.80. The molecule has 1 aliphatic rings. The largest absolute Gasteiger partial charge is 0.390 e. The van der Waals surface area contributed by atoms with E-state index in [1.165, 1.54) is 0 Å². The van der Waals surface area contributed by atoms with E-state index in [4.69, 9.17) is 4.74 Å². The molecular weight excluding hydrogens is 156 g/mol. The molecule has 12 heavy (non-hydrogen) atoms. The maximum Gasteiger partial charge on any atom is 0.109 e. The zero-order valence-electron chi connectivity index (χ0n) is 8.11. The number of rotatable bonds is 0. The van der Waals surface area contributed by atoms with E-state index < -0.39 is 17.8 Å². The molecule has 0 spiro atoms. The fourth-order valence-electron chi connectivity index (χ4n) is 1.63. The van der Waals surface area contributed by atoms with Gasteiger partial charge in [-0.15, -0.1) is 0 Å². The molecule has 0 bridgehead atoms. The molecular formula is C9H18O3. The Labute approximate surface area is 73.4 Å². The van der Waals surface area contributed by atoms with Crippen LogP contribution in [-0.2, 0) is 4.74 Å². The molecule has 72 valence electrons. The number of aliphatic hydroxyl groups excluding tert-OH is 2. The molecule has 4 unspecified atom stereocenters. The third-order valence-electron chi connectivity index (χ3n) is 2.80. The molecule has 1 aliphatic heterocycles. The monoisotopic (exact) mass is 174 g/mol. The summed E-state index contributed by atoms with van der Waals surface area (Å²) >= 11 is 0. The highest BCUT2D eigenvalue weighted by molar-refractivity contribution is 4.93. The molecule has 0 saturated carbocycles. The van der Waals surface area contributed by atoms with E-state index in [1.54, 1.807) is 13.8 Å². The van der Waals surface area contributed by atoms with Gasteiger partial charge in [-0.25, -0.2) is 0 Å². The summed E-state index contributed by atoms with van der Waals surface area (Å²) in [7, 11) is 0. The molecule has 0 aromatic carbocycles. The Bertz CT molecular complexity index is 167. The molecule has 3 nitrogen and oxygen atoms in total. The van der Waals surface area contributed by atoms with Crippen LogP contribution in [0.5, 0.6) is 0 Å². The molecule has 0 aromatic rings. The van der Waals surface area contributed by atoms with Crippen LogP contribution >= 0.6 is 0 Å². The Morgan fingerprint density at radius 2 is 1.67 bits per heavy atom. The van der Waals surface area contributed by atoms with Gasteiger partial charge in [0.25, 0.3) is 0 Å². The van der Waals surface area contributed by atoms with Gasteiger partial charge in [0.1, 0.15) is 6.10 Å². The molecule has 1 rings (SSSR count). The van der Waals surface area contributed by atoms with E-state index in [1.807, 2.05) is 13.8 Å². The zero-order chi connectivity index (χ0) is 9.52. The van der Waals surface area contributed by atoms with Gasteiger partial charge < -0.3 is 14.9 Å². The van der Waals surface area contributed by atoms with Gasteiger partial charge in [-0.05, 0) is 20.8 Å². The van der Waals surface area contributed by atoms with Crippen molar-refractivity contribution < 1.29 is 14.9 Å². The van der Waals surface area contributed by atoms with Crippen molar-refractivity contribution in [2.45, 2.75) is 51.6 Å². The number of hydrogen-bond donors (Lipinski definition) is 2. The minimum atomic E-state index is -0.788. The van der Waals surface area contributed by atoms with Gasteiger partial charge in [0.2, 0.25) is 0 Å². The van der Waals surface area contributed by atoms with E-state index >= 15 is 0 Å². The van der Waals surface area contributed by atoms with Crippen LogP contribution in [0.25, 0.3) is 0 Å². The lowest BCUT2D eigenvalue weighted by Crippen LogP contribution is -2.57. The van der Waals surface area contributed by atoms with Gasteiger partial charge in [0.05, 0.1) is 17.8 Å². The quantitative estimate of drug-likeness (QED) is 0.563. The Hall–Kier alpha value is -0.120. The second-order valence-electron chi connectivity index (χ2n) is 4.22. The summed E-state index contributed by atoms with van der Waals surface area (Å²) in [6.07, 6.45) is -1.47. The first-order valence-corrected chi connectivity index (χ1v) is 4.40. The van der Waals surface area contributed by atoms with Crippen LogP contribution < -0.4 is 0 Å². The van der Waals surface area contributed by atoms with Crippen molar-refractivity contribution in [2.24, 2.45) is 5.92 Å². The normalized spacial score (nSPS) is 47.5. The van der Waals surface area contributed by atoms with Crippen molar-refractivity contribution in [3.63, 3.8) is 0 Å². The van der Waals surface area contributed by atoms with Gasteiger partial charge in [-0.1, -0.05) is 6.92 Å². The van der Waals surface area contributed by atoms with Gasteiger partial charge >= 0.3 is 0 Å². The van der Waals surface area contributed by atoms with Crippen molar-refractivity contribution in [1.82, 2.24) is 0 Å². The molecule has 0 aromatic heterocycles. The second kappa shape index (κ2) is 2.98. The molecule has 1 saturated heterocycles. The molecule has 1 heterocycles. The van der Waals surface area contributed by atoms with Crippen LogP contribution in [0.3, 0.4) is 0 Å². The van der Waals surface area contributed by atoms with E-state index in [0.29, 0.717) is 0 Å². The van der Waals surface area contributed by atoms with E-state index in [9.17, 15) is 10.2 Å². The first kappa shape index (κ1) is 9.96. The Morgan fingerprint density at radius 3 is 2.17 bits per heavy atom. The van der Waals surface area contributed by atoms with Crippen molar-refractivity contribution in [3.8, 4) is 0 Å². The summed E-state index contributed by atoms with van der Waals surface area (Å²) in [5.74, 6) is -0.00646. The maximum absolute atomic E-state index is 9.62. The van der Waals surface area contributed by atoms with Gasteiger partial charge in [0.15, 0.2) is 0 Å². The number of aliphatic hydroxyl groups is 2. The van der Waals surface area contributed by atoms with Crippen LogP contribution in [0.2, 0.25) is 0 Å². The van der Waals surface area contributed by atoms with Gasteiger partial charge in [-0.3, -0.25) is 0 Å². The Kier molecular flexibility index (Phi) is 2.47. The van der Waals surface area contributed by atoms with Crippen molar-refractivity contribution in [1.29, 1.82) is 0 Å². The molecule has 3 heteroatoms. The van der Waals surface area contributed by atoms with Crippen molar-refractivity contribution >= 4 is 0 Å². The smallest absolute Gasteiger partial charge is 0.109 e. The molecule has 0 amide bonds. The first-order chi connectivity index (χ1) is 5.36. The lowest BCUT2D eigenvalue weighted by Gasteiger charge is -2.45. The molecule has 0 aliphatic carbocycles. The van der Waals surface area contributed by atoms with E-state index in [2.05, 4.69) is 0 Å². The van der Waals surface area contributed by atoms with Crippen molar-refractivity contribution in [2.75, 3.05) is 0 Å². The standard InChI is InChI=1S/C9H18O3/c1-5-6(2)12-9(3,4)8(11)7(5)10/h5-8,10-11H,1-4H3.